The fourth-order valence-corrected chi connectivity index (χ4v) is 9.24. The molecule has 5 nitrogen and oxygen atoms in total. The number of fused-ring (bicyclic) bond motifs is 5. The lowest BCUT2D eigenvalue weighted by atomic mass is 9.43. The second kappa shape index (κ2) is 8.85. The van der Waals surface area contributed by atoms with Gasteiger partial charge in [-0.2, -0.15) is 0 Å². The monoisotopic (exact) mass is 446 g/mol. The molecular formula is C27H46N2O3. The summed E-state index contributed by atoms with van der Waals surface area (Å²) in [6.45, 7) is 9.51. The van der Waals surface area contributed by atoms with Crippen LogP contribution in [0.4, 0.5) is 0 Å². The maximum absolute atomic E-state index is 12.1. The van der Waals surface area contributed by atoms with Crippen molar-refractivity contribution in [3.05, 3.63) is 0 Å². The van der Waals surface area contributed by atoms with Gasteiger partial charge in [-0.25, -0.2) is 0 Å². The van der Waals surface area contributed by atoms with Gasteiger partial charge in [-0.3, -0.25) is 0 Å². The van der Waals surface area contributed by atoms with E-state index in [9.17, 15) is 10.3 Å². The van der Waals surface area contributed by atoms with Crippen LogP contribution in [0.15, 0.2) is 5.16 Å². The molecule has 1 aliphatic heterocycles. The van der Waals surface area contributed by atoms with Crippen molar-refractivity contribution in [2.45, 2.75) is 103 Å². The predicted molar refractivity (Wildman–Crippen MR) is 127 cm³/mol. The summed E-state index contributed by atoms with van der Waals surface area (Å²) in [6.07, 6.45) is 16.2. The molecule has 182 valence electrons. The van der Waals surface area contributed by atoms with Crippen LogP contribution in [0.25, 0.3) is 0 Å². The SMILES string of the molecule is C[C@]12CC[C@H](OCCCN3CCCC3)C[C@H]1CC[C@@H]1[C@@H]2CC[C@]2(C)[C@@H](/C=N/O)CC[C@]12O. The van der Waals surface area contributed by atoms with Gasteiger partial charge in [-0.05, 0) is 113 Å². The second-order valence-electron chi connectivity index (χ2n) is 12.5. The van der Waals surface area contributed by atoms with E-state index in [4.69, 9.17) is 4.74 Å². The number of likely N-dealkylation sites (tertiary alicyclic amines) is 1. The highest BCUT2D eigenvalue weighted by Crippen LogP contribution is 2.68. The summed E-state index contributed by atoms with van der Waals surface area (Å²) in [6, 6.07) is 0. The maximum atomic E-state index is 12.1. The van der Waals surface area contributed by atoms with Gasteiger partial charge in [0.25, 0.3) is 0 Å². The number of aliphatic hydroxyl groups is 1. The summed E-state index contributed by atoms with van der Waals surface area (Å²) in [5.74, 6) is 1.97. The molecule has 8 atom stereocenters. The van der Waals surface area contributed by atoms with Crippen molar-refractivity contribution in [3.63, 3.8) is 0 Å². The normalized spacial score (nSPS) is 49.2. The van der Waals surface area contributed by atoms with Gasteiger partial charge < -0.3 is 20.0 Å². The molecule has 5 fully saturated rings. The first kappa shape index (κ1) is 23.1. The minimum atomic E-state index is -0.599. The van der Waals surface area contributed by atoms with Gasteiger partial charge in [0.15, 0.2) is 0 Å². The van der Waals surface area contributed by atoms with Gasteiger partial charge in [-0.15, -0.1) is 5.16 Å². The smallest absolute Gasteiger partial charge is 0.0738 e. The Balaban J connectivity index is 1.20. The molecule has 1 saturated heterocycles. The zero-order chi connectivity index (χ0) is 22.4. The fourth-order valence-electron chi connectivity index (χ4n) is 9.24. The molecule has 5 heteroatoms. The molecule has 0 radical (unpaired) electrons. The molecule has 0 unspecified atom stereocenters. The molecular weight excluding hydrogens is 400 g/mol. The average Bonchev–Trinajstić information content (AvgIpc) is 3.39. The van der Waals surface area contributed by atoms with E-state index in [0.717, 1.165) is 38.2 Å². The third-order valence-corrected chi connectivity index (χ3v) is 11.3. The van der Waals surface area contributed by atoms with Gasteiger partial charge in [0.2, 0.25) is 0 Å². The third-order valence-electron chi connectivity index (χ3n) is 11.3. The van der Waals surface area contributed by atoms with E-state index in [1.165, 1.54) is 71.0 Å². The van der Waals surface area contributed by atoms with Crippen LogP contribution in [-0.2, 0) is 4.74 Å². The highest BCUT2D eigenvalue weighted by molar-refractivity contribution is 5.62. The number of rotatable bonds is 6. The first-order valence-electron chi connectivity index (χ1n) is 13.6. The van der Waals surface area contributed by atoms with E-state index >= 15 is 0 Å². The molecule has 5 rings (SSSR count). The molecule has 4 aliphatic carbocycles. The van der Waals surface area contributed by atoms with Crippen molar-refractivity contribution in [2.24, 2.45) is 39.7 Å². The van der Waals surface area contributed by atoms with E-state index in [2.05, 4.69) is 23.9 Å². The largest absolute Gasteiger partial charge is 0.411 e. The summed E-state index contributed by atoms with van der Waals surface area (Å²) >= 11 is 0. The van der Waals surface area contributed by atoms with Crippen LogP contribution in [0.1, 0.15) is 90.9 Å². The van der Waals surface area contributed by atoms with Crippen LogP contribution in [0, 0.1) is 34.5 Å². The Morgan fingerprint density at radius 1 is 1.00 bits per heavy atom. The van der Waals surface area contributed by atoms with Crippen molar-refractivity contribution >= 4 is 6.21 Å². The highest BCUT2D eigenvalue weighted by atomic mass is 16.5. The molecule has 0 amide bonds. The van der Waals surface area contributed by atoms with Gasteiger partial charge >= 0.3 is 0 Å². The summed E-state index contributed by atoms with van der Waals surface area (Å²) in [5, 5.41) is 24.6. The Kier molecular flexibility index (Phi) is 6.39. The van der Waals surface area contributed by atoms with E-state index in [1.54, 1.807) is 6.21 Å². The molecule has 2 N–H and O–H groups in total. The summed E-state index contributed by atoms with van der Waals surface area (Å²) < 4.78 is 6.40. The highest BCUT2D eigenvalue weighted by Gasteiger charge is 2.67. The number of hydrogen-bond acceptors (Lipinski definition) is 5. The van der Waals surface area contributed by atoms with Crippen molar-refractivity contribution in [1.82, 2.24) is 4.90 Å². The molecule has 0 aromatic heterocycles. The topological polar surface area (TPSA) is 65.3 Å². The van der Waals surface area contributed by atoms with Crippen molar-refractivity contribution in [3.8, 4) is 0 Å². The van der Waals surface area contributed by atoms with Crippen LogP contribution < -0.4 is 0 Å². The second-order valence-corrected chi connectivity index (χ2v) is 12.5. The third kappa shape index (κ3) is 3.65. The number of nitrogens with zero attached hydrogens (tertiary/aromatic N) is 2. The Morgan fingerprint density at radius 2 is 1.81 bits per heavy atom. The molecule has 0 aromatic rings. The molecule has 32 heavy (non-hydrogen) atoms. The van der Waals surface area contributed by atoms with E-state index in [1.807, 2.05) is 0 Å². The number of hydrogen-bond donors (Lipinski definition) is 2. The number of oxime groups is 1. The predicted octanol–water partition coefficient (Wildman–Crippen LogP) is 5.09. The Morgan fingerprint density at radius 3 is 2.59 bits per heavy atom. The maximum Gasteiger partial charge on any atom is 0.0738 e. The average molecular weight is 447 g/mol. The lowest BCUT2D eigenvalue weighted by Crippen LogP contribution is -2.62. The quantitative estimate of drug-likeness (QED) is 0.258. The Hall–Kier alpha value is -0.650. The van der Waals surface area contributed by atoms with Gasteiger partial charge in [0.05, 0.1) is 11.7 Å². The van der Waals surface area contributed by atoms with Crippen LogP contribution in [-0.4, -0.2) is 59.4 Å². The summed E-state index contributed by atoms with van der Waals surface area (Å²) in [7, 11) is 0. The van der Waals surface area contributed by atoms with E-state index in [-0.39, 0.29) is 11.3 Å². The van der Waals surface area contributed by atoms with Gasteiger partial charge in [0.1, 0.15) is 0 Å². The minimum Gasteiger partial charge on any atom is -0.411 e. The fraction of sp³-hybridized carbons (Fsp3) is 0.963. The van der Waals surface area contributed by atoms with E-state index in [0.29, 0.717) is 23.4 Å². The molecule has 4 saturated carbocycles. The standard InChI is InChI=1S/C27H46N2O3/c1-25-11-9-22(32-17-5-16-29-14-3-4-15-29)18-20(25)6-7-24-23(25)10-12-26(2)21(19-28-31)8-13-27(24,26)30/h19-24,30-31H,3-18H2,1-2H3/b28-19+/t20-,21-,22+,23+,24-,25+,26-,27+/m1/s1. The lowest BCUT2D eigenvalue weighted by molar-refractivity contribution is -0.208. The first-order chi connectivity index (χ1) is 15.4. The molecule has 0 bridgehead atoms. The Bertz CT molecular complexity index is 694. The lowest BCUT2D eigenvalue weighted by Gasteiger charge is -2.63. The van der Waals surface area contributed by atoms with E-state index < -0.39 is 5.60 Å². The minimum absolute atomic E-state index is 0.140. The van der Waals surface area contributed by atoms with Crippen molar-refractivity contribution < 1.29 is 15.1 Å². The molecule has 0 spiro atoms. The Labute approximate surface area is 195 Å². The van der Waals surface area contributed by atoms with Crippen LogP contribution >= 0.6 is 0 Å². The first-order valence-corrected chi connectivity index (χ1v) is 13.6. The van der Waals surface area contributed by atoms with Crippen molar-refractivity contribution in [1.29, 1.82) is 0 Å². The molecule has 1 heterocycles. The summed E-state index contributed by atoms with van der Waals surface area (Å²) in [4.78, 5) is 2.59. The number of ether oxygens (including phenoxy) is 1. The van der Waals surface area contributed by atoms with Gasteiger partial charge in [0, 0.05) is 30.7 Å². The van der Waals surface area contributed by atoms with Crippen molar-refractivity contribution in [2.75, 3.05) is 26.2 Å². The zero-order valence-corrected chi connectivity index (χ0v) is 20.5. The zero-order valence-electron chi connectivity index (χ0n) is 20.5. The molecule has 5 aliphatic rings. The van der Waals surface area contributed by atoms with Gasteiger partial charge in [-0.1, -0.05) is 13.8 Å². The van der Waals surface area contributed by atoms with Crippen LogP contribution in [0.2, 0.25) is 0 Å². The van der Waals surface area contributed by atoms with Crippen LogP contribution in [0.5, 0.6) is 0 Å². The summed E-state index contributed by atoms with van der Waals surface area (Å²) in [5.41, 5.74) is -0.392. The molecule has 0 aromatic carbocycles. The van der Waals surface area contributed by atoms with Crippen LogP contribution in [0.3, 0.4) is 0 Å².